The lowest BCUT2D eigenvalue weighted by atomic mass is 10.1. The number of amides is 2. The number of ether oxygens (including phenoxy) is 3. The molecular formula is C19H22N2O5. The van der Waals surface area contributed by atoms with Crippen LogP contribution in [0.25, 0.3) is 0 Å². The van der Waals surface area contributed by atoms with E-state index in [1.165, 1.54) is 7.11 Å². The molecule has 2 amide bonds. The predicted octanol–water partition coefficient (Wildman–Crippen LogP) is 3.07. The summed E-state index contributed by atoms with van der Waals surface area (Å²) >= 11 is 0. The number of hydrogen-bond donors (Lipinski definition) is 2. The first-order valence-electron chi connectivity index (χ1n) is 8.06. The Morgan fingerprint density at radius 2 is 1.62 bits per heavy atom. The van der Waals surface area contributed by atoms with Gasteiger partial charge in [0.1, 0.15) is 12.4 Å². The molecule has 138 valence electrons. The van der Waals surface area contributed by atoms with Crippen molar-refractivity contribution in [1.29, 1.82) is 0 Å². The standard InChI is InChI=1S/C19H22N2O5/c1-24-10-11-26-19(23)21-16-5-3-4-15(13-16)20-18(22)12-14-6-8-17(25-2)9-7-14/h3-9,13H,10-12H2,1-2H3,(H,20,22)(H,21,23). The maximum Gasteiger partial charge on any atom is 0.411 e. The Balaban J connectivity index is 1.88. The molecule has 0 saturated carbocycles. The van der Waals surface area contributed by atoms with E-state index in [0.717, 1.165) is 11.3 Å². The monoisotopic (exact) mass is 358 g/mol. The summed E-state index contributed by atoms with van der Waals surface area (Å²) in [6.07, 6.45) is -0.343. The predicted molar refractivity (Wildman–Crippen MR) is 98.6 cm³/mol. The van der Waals surface area contributed by atoms with Crippen LogP contribution >= 0.6 is 0 Å². The smallest absolute Gasteiger partial charge is 0.411 e. The van der Waals surface area contributed by atoms with Crippen LogP contribution in [0.1, 0.15) is 5.56 Å². The molecule has 7 heteroatoms. The number of carbonyl (C=O) groups excluding carboxylic acids is 2. The van der Waals surface area contributed by atoms with E-state index in [1.54, 1.807) is 31.4 Å². The molecule has 0 saturated heterocycles. The zero-order chi connectivity index (χ0) is 18.8. The lowest BCUT2D eigenvalue weighted by Crippen LogP contribution is -2.17. The second kappa shape index (κ2) is 10.0. The number of rotatable bonds is 8. The zero-order valence-electron chi connectivity index (χ0n) is 14.8. The van der Waals surface area contributed by atoms with E-state index in [-0.39, 0.29) is 18.9 Å². The quantitative estimate of drug-likeness (QED) is 0.708. The molecule has 2 aromatic carbocycles. The number of nitrogens with one attached hydrogen (secondary N) is 2. The van der Waals surface area contributed by atoms with Gasteiger partial charge >= 0.3 is 6.09 Å². The molecule has 0 atom stereocenters. The molecule has 2 N–H and O–H groups in total. The topological polar surface area (TPSA) is 85.9 Å². The molecule has 0 heterocycles. The molecule has 0 aliphatic carbocycles. The van der Waals surface area contributed by atoms with Gasteiger partial charge in [-0.05, 0) is 35.9 Å². The number of methoxy groups -OCH3 is 2. The lowest BCUT2D eigenvalue weighted by molar-refractivity contribution is -0.115. The summed E-state index contributed by atoms with van der Waals surface area (Å²) in [6.45, 7) is 0.496. The second-order valence-corrected chi connectivity index (χ2v) is 5.41. The van der Waals surface area contributed by atoms with Gasteiger partial charge in [-0.1, -0.05) is 18.2 Å². The second-order valence-electron chi connectivity index (χ2n) is 5.41. The van der Waals surface area contributed by atoms with Crippen LogP contribution in [0, 0.1) is 0 Å². The highest BCUT2D eigenvalue weighted by atomic mass is 16.6. The minimum atomic E-state index is -0.580. The zero-order valence-corrected chi connectivity index (χ0v) is 14.8. The highest BCUT2D eigenvalue weighted by Crippen LogP contribution is 2.16. The van der Waals surface area contributed by atoms with E-state index in [1.807, 2.05) is 24.3 Å². The molecule has 0 bridgehead atoms. The maximum absolute atomic E-state index is 12.2. The lowest BCUT2D eigenvalue weighted by Gasteiger charge is -2.09. The summed E-state index contributed by atoms with van der Waals surface area (Å²) in [5.41, 5.74) is 1.98. The third-order valence-electron chi connectivity index (χ3n) is 3.44. The summed E-state index contributed by atoms with van der Waals surface area (Å²) in [4.78, 5) is 23.8. The van der Waals surface area contributed by atoms with Gasteiger partial charge in [-0.15, -0.1) is 0 Å². The maximum atomic E-state index is 12.2. The fourth-order valence-electron chi connectivity index (χ4n) is 2.18. The highest BCUT2D eigenvalue weighted by Gasteiger charge is 2.07. The van der Waals surface area contributed by atoms with E-state index in [4.69, 9.17) is 14.2 Å². The normalized spacial score (nSPS) is 10.1. The number of carbonyl (C=O) groups is 2. The molecule has 0 radical (unpaired) electrons. The van der Waals surface area contributed by atoms with Crippen molar-refractivity contribution in [2.45, 2.75) is 6.42 Å². The summed E-state index contributed by atoms with van der Waals surface area (Å²) in [7, 11) is 3.12. The average Bonchev–Trinajstić information content (AvgIpc) is 2.63. The molecule has 0 aliphatic rings. The van der Waals surface area contributed by atoms with Crippen LogP contribution in [0.4, 0.5) is 16.2 Å². The van der Waals surface area contributed by atoms with Crippen LogP contribution in [-0.4, -0.2) is 39.4 Å². The molecule has 2 aromatic rings. The van der Waals surface area contributed by atoms with E-state index in [9.17, 15) is 9.59 Å². The fraction of sp³-hybridized carbons (Fsp3) is 0.263. The summed E-state index contributed by atoms with van der Waals surface area (Å²) in [5.74, 6) is 0.584. The third-order valence-corrected chi connectivity index (χ3v) is 3.44. The molecule has 0 spiro atoms. The molecule has 2 rings (SSSR count). The van der Waals surface area contributed by atoms with Crippen LogP contribution in [-0.2, 0) is 20.7 Å². The van der Waals surface area contributed by atoms with Crippen molar-refractivity contribution < 1.29 is 23.8 Å². The average molecular weight is 358 g/mol. The molecular weight excluding hydrogens is 336 g/mol. The van der Waals surface area contributed by atoms with Crippen LogP contribution < -0.4 is 15.4 Å². The molecule has 0 aromatic heterocycles. The van der Waals surface area contributed by atoms with Crippen LogP contribution in [0.2, 0.25) is 0 Å². The van der Waals surface area contributed by atoms with Crippen molar-refractivity contribution in [3.63, 3.8) is 0 Å². The molecule has 0 unspecified atom stereocenters. The Hall–Kier alpha value is -3.06. The van der Waals surface area contributed by atoms with Crippen molar-refractivity contribution >= 4 is 23.4 Å². The molecule has 0 fully saturated rings. The Labute approximate surface area is 152 Å². The molecule has 7 nitrogen and oxygen atoms in total. The largest absolute Gasteiger partial charge is 0.497 e. The number of hydrogen-bond acceptors (Lipinski definition) is 5. The van der Waals surface area contributed by atoms with Gasteiger partial charge in [0.05, 0.1) is 20.1 Å². The van der Waals surface area contributed by atoms with Crippen molar-refractivity contribution in [2.24, 2.45) is 0 Å². The summed E-state index contributed by atoms with van der Waals surface area (Å²) in [6, 6.07) is 14.1. The van der Waals surface area contributed by atoms with E-state index < -0.39 is 6.09 Å². The van der Waals surface area contributed by atoms with Crippen molar-refractivity contribution in [1.82, 2.24) is 0 Å². The Bertz CT molecular complexity index is 731. The summed E-state index contributed by atoms with van der Waals surface area (Å²) < 4.78 is 14.8. The first kappa shape index (κ1) is 19.3. The Morgan fingerprint density at radius 1 is 0.923 bits per heavy atom. The van der Waals surface area contributed by atoms with Crippen molar-refractivity contribution in [3.05, 3.63) is 54.1 Å². The minimum absolute atomic E-state index is 0.157. The summed E-state index contributed by atoms with van der Waals surface area (Å²) in [5, 5.41) is 5.40. The van der Waals surface area contributed by atoms with Crippen LogP contribution in [0.3, 0.4) is 0 Å². The van der Waals surface area contributed by atoms with Crippen molar-refractivity contribution in [3.8, 4) is 5.75 Å². The van der Waals surface area contributed by atoms with Crippen LogP contribution in [0.15, 0.2) is 48.5 Å². The van der Waals surface area contributed by atoms with Gasteiger partial charge < -0.3 is 19.5 Å². The molecule has 0 aliphatic heterocycles. The van der Waals surface area contributed by atoms with Gasteiger partial charge in [-0.25, -0.2) is 4.79 Å². The first-order chi connectivity index (χ1) is 12.6. The van der Waals surface area contributed by atoms with Gasteiger partial charge in [0, 0.05) is 18.5 Å². The number of benzene rings is 2. The minimum Gasteiger partial charge on any atom is -0.497 e. The van der Waals surface area contributed by atoms with E-state index in [2.05, 4.69) is 10.6 Å². The van der Waals surface area contributed by atoms with Crippen molar-refractivity contribution in [2.75, 3.05) is 38.1 Å². The van der Waals surface area contributed by atoms with Gasteiger partial charge in [0.25, 0.3) is 0 Å². The highest BCUT2D eigenvalue weighted by molar-refractivity contribution is 5.93. The van der Waals surface area contributed by atoms with Gasteiger partial charge in [-0.2, -0.15) is 0 Å². The third kappa shape index (κ3) is 6.45. The van der Waals surface area contributed by atoms with E-state index in [0.29, 0.717) is 18.0 Å². The molecule has 26 heavy (non-hydrogen) atoms. The first-order valence-corrected chi connectivity index (χ1v) is 8.06. The Kier molecular flexibility index (Phi) is 7.45. The fourth-order valence-corrected chi connectivity index (χ4v) is 2.18. The number of anilines is 2. The Morgan fingerprint density at radius 3 is 2.27 bits per heavy atom. The van der Waals surface area contributed by atoms with E-state index >= 15 is 0 Å². The van der Waals surface area contributed by atoms with Gasteiger partial charge in [0.2, 0.25) is 5.91 Å². The SMILES string of the molecule is COCCOC(=O)Nc1cccc(NC(=O)Cc2ccc(OC)cc2)c1. The van der Waals surface area contributed by atoms with Gasteiger partial charge in [0.15, 0.2) is 0 Å². The van der Waals surface area contributed by atoms with Gasteiger partial charge in [-0.3, -0.25) is 10.1 Å². The van der Waals surface area contributed by atoms with Crippen LogP contribution in [0.5, 0.6) is 5.75 Å².